The van der Waals surface area contributed by atoms with Gasteiger partial charge in [0.15, 0.2) is 6.10 Å². The van der Waals surface area contributed by atoms with E-state index in [-0.39, 0.29) is 5.97 Å². The van der Waals surface area contributed by atoms with Crippen molar-refractivity contribution < 1.29 is 19.4 Å². The molecule has 158 valence electrons. The summed E-state index contributed by atoms with van der Waals surface area (Å²) in [6.45, 7) is 4.13. The molecule has 0 saturated heterocycles. The van der Waals surface area contributed by atoms with E-state index in [1.54, 1.807) is 0 Å². The number of hydrogen-bond acceptors (Lipinski definition) is 3. The van der Waals surface area contributed by atoms with Crippen LogP contribution in [-0.4, -0.2) is 23.1 Å². The number of carboxylic acids is 1. The van der Waals surface area contributed by atoms with Crippen molar-refractivity contribution in [2.45, 2.75) is 123 Å². The maximum Gasteiger partial charge on any atom is 0.345 e. The summed E-state index contributed by atoms with van der Waals surface area (Å²) in [7, 11) is 0. The van der Waals surface area contributed by atoms with Gasteiger partial charge in [-0.2, -0.15) is 0 Å². The molecule has 0 aliphatic rings. The number of allylic oxidation sites excluding steroid dienone is 2. The lowest BCUT2D eigenvalue weighted by Crippen LogP contribution is -2.26. The third-order valence-electron chi connectivity index (χ3n) is 4.74. The fourth-order valence-corrected chi connectivity index (χ4v) is 3.05. The third kappa shape index (κ3) is 17.8. The van der Waals surface area contributed by atoms with Gasteiger partial charge in [0, 0.05) is 6.42 Å². The molecule has 1 atom stereocenters. The second-order valence-corrected chi connectivity index (χ2v) is 7.44. The van der Waals surface area contributed by atoms with Gasteiger partial charge in [-0.25, -0.2) is 4.79 Å². The fourth-order valence-electron chi connectivity index (χ4n) is 3.05. The minimum Gasteiger partial charge on any atom is -0.479 e. The Morgan fingerprint density at radius 3 is 1.81 bits per heavy atom. The van der Waals surface area contributed by atoms with E-state index in [1.165, 1.54) is 57.8 Å². The van der Waals surface area contributed by atoms with Crippen LogP contribution in [0.2, 0.25) is 0 Å². The maximum absolute atomic E-state index is 11.7. The lowest BCUT2D eigenvalue weighted by molar-refractivity contribution is -0.164. The standard InChI is InChI=1S/C23H42O4/c1-3-5-6-7-8-9-10-11-12-13-14-15-16-17-18-20-22(24)27-21(19-4-2)23(25)26/h11-12,21H,3-10,13-20H2,1-2H3,(H,25,26)/b12-11-. The monoisotopic (exact) mass is 382 g/mol. The van der Waals surface area contributed by atoms with Crippen LogP contribution in [0.15, 0.2) is 12.2 Å². The zero-order chi connectivity index (χ0) is 20.2. The predicted octanol–water partition coefficient (Wildman–Crippen LogP) is 6.82. The van der Waals surface area contributed by atoms with Crippen LogP contribution >= 0.6 is 0 Å². The Hall–Kier alpha value is -1.32. The van der Waals surface area contributed by atoms with Crippen LogP contribution in [0.1, 0.15) is 117 Å². The van der Waals surface area contributed by atoms with Crippen molar-refractivity contribution in [2.24, 2.45) is 0 Å². The maximum atomic E-state index is 11.7. The van der Waals surface area contributed by atoms with E-state index in [9.17, 15) is 9.59 Å². The molecular weight excluding hydrogens is 340 g/mol. The second kappa shape index (κ2) is 19.4. The molecule has 4 nitrogen and oxygen atoms in total. The van der Waals surface area contributed by atoms with Crippen molar-refractivity contribution in [3.8, 4) is 0 Å². The van der Waals surface area contributed by atoms with Crippen LogP contribution in [0.4, 0.5) is 0 Å². The average Bonchev–Trinajstić information content (AvgIpc) is 2.64. The molecule has 0 radical (unpaired) electrons. The van der Waals surface area contributed by atoms with Crippen LogP contribution in [0.3, 0.4) is 0 Å². The van der Waals surface area contributed by atoms with Crippen LogP contribution in [0.5, 0.6) is 0 Å². The largest absolute Gasteiger partial charge is 0.479 e. The summed E-state index contributed by atoms with van der Waals surface area (Å²) in [5.74, 6) is -1.43. The van der Waals surface area contributed by atoms with E-state index in [0.29, 0.717) is 19.3 Å². The lowest BCUT2D eigenvalue weighted by Gasteiger charge is -2.12. The van der Waals surface area contributed by atoms with Gasteiger partial charge in [-0.1, -0.05) is 83.8 Å². The molecule has 0 aromatic heterocycles. The number of esters is 1. The number of carboxylic acid groups (broad SMARTS) is 1. The summed E-state index contributed by atoms with van der Waals surface area (Å²) < 4.78 is 5.02. The highest BCUT2D eigenvalue weighted by atomic mass is 16.6. The Kier molecular flexibility index (Phi) is 18.5. The quantitative estimate of drug-likeness (QED) is 0.151. The predicted molar refractivity (Wildman–Crippen MR) is 112 cm³/mol. The molecule has 0 fully saturated rings. The van der Waals surface area contributed by atoms with Crippen molar-refractivity contribution in [3.05, 3.63) is 12.2 Å². The van der Waals surface area contributed by atoms with E-state index in [0.717, 1.165) is 25.7 Å². The van der Waals surface area contributed by atoms with Crippen LogP contribution in [-0.2, 0) is 14.3 Å². The zero-order valence-electron chi connectivity index (χ0n) is 17.7. The van der Waals surface area contributed by atoms with Crippen molar-refractivity contribution >= 4 is 11.9 Å². The van der Waals surface area contributed by atoms with Gasteiger partial charge in [-0.05, 0) is 38.5 Å². The Labute approximate surface area is 166 Å². The smallest absolute Gasteiger partial charge is 0.345 e. The summed E-state index contributed by atoms with van der Waals surface area (Å²) in [4.78, 5) is 22.6. The van der Waals surface area contributed by atoms with E-state index >= 15 is 0 Å². The summed E-state index contributed by atoms with van der Waals surface area (Å²) in [5.41, 5.74) is 0. The minimum absolute atomic E-state index is 0.325. The van der Waals surface area contributed by atoms with Gasteiger partial charge in [-0.3, -0.25) is 4.79 Å². The number of hydrogen-bond donors (Lipinski definition) is 1. The van der Waals surface area contributed by atoms with Crippen LogP contribution < -0.4 is 0 Å². The van der Waals surface area contributed by atoms with E-state index in [4.69, 9.17) is 9.84 Å². The number of carbonyl (C=O) groups excluding carboxylic acids is 1. The molecule has 0 saturated carbocycles. The SMILES string of the molecule is CCCCCCCC/C=C\CCCCCCCC(=O)OC(CCC)C(=O)O. The van der Waals surface area contributed by atoms with Crippen molar-refractivity contribution in [1.29, 1.82) is 0 Å². The number of ether oxygens (including phenoxy) is 1. The lowest BCUT2D eigenvalue weighted by atomic mass is 10.1. The van der Waals surface area contributed by atoms with Gasteiger partial charge in [0.2, 0.25) is 0 Å². The molecule has 0 aromatic rings. The van der Waals surface area contributed by atoms with Gasteiger partial charge in [0.25, 0.3) is 0 Å². The van der Waals surface area contributed by atoms with Crippen molar-refractivity contribution in [3.63, 3.8) is 0 Å². The Bertz CT molecular complexity index is 390. The first kappa shape index (κ1) is 25.7. The van der Waals surface area contributed by atoms with Crippen molar-refractivity contribution in [1.82, 2.24) is 0 Å². The third-order valence-corrected chi connectivity index (χ3v) is 4.74. The molecule has 0 amide bonds. The average molecular weight is 383 g/mol. The van der Waals surface area contributed by atoms with Crippen LogP contribution in [0, 0.1) is 0 Å². The fraction of sp³-hybridized carbons (Fsp3) is 0.826. The molecule has 0 bridgehead atoms. The number of unbranched alkanes of at least 4 members (excludes halogenated alkanes) is 11. The first-order chi connectivity index (χ1) is 13.1. The summed E-state index contributed by atoms with van der Waals surface area (Å²) in [5, 5.41) is 8.97. The molecule has 4 heteroatoms. The molecule has 0 aliphatic heterocycles. The number of aliphatic carboxylic acids is 1. The molecule has 0 spiro atoms. The first-order valence-electron chi connectivity index (χ1n) is 11.2. The highest BCUT2D eigenvalue weighted by Crippen LogP contribution is 2.11. The molecule has 27 heavy (non-hydrogen) atoms. The van der Waals surface area contributed by atoms with Gasteiger partial charge in [0.05, 0.1) is 0 Å². The van der Waals surface area contributed by atoms with E-state index in [1.807, 2.05) is 6.92 Å². The van der Waals surface area contributed by atoms with Crippen LogP contribution in [0.25, 0.3) is 0 Å². The topological polar surface area (TPSA) is 63.6 Å². The normalized spacial score (nSPS) is 12.4. The molecule has 0 aromatic carbocycles. The molecule has 1 unspecified atom stereocenters. The highest BCUT2D eigenvalue weighted by Gasteiger charge is 2.20. The Balaban J connectivity index is 3.42. The molecule has 0 heterocycles. The summed E-state index contributed by atoms with van der Waals surface area (Å²) in [6, 6.07) is 0. The first-order valence-corrected chi connectivity index (χ1v) is 11.2. The summed E-state index contributed by atoms with van der Waals surface area (Å²) >= 11 is 0. The minimum atomic E-state index is -1.05. The summed E-state index contributed by atoms with van der Waals surface area (Å²) in [6.07, 6.45) is 20.8. The molecule has 0 rings (SSSR count). The van der Waals surface area contributed by atoms with E-state index < -0.39 is 12.1 Å². The molecule has 0 aliphatic carbocycles. The van der Waals surface area contributed by atoms with Crippen molar-refractivity contribution in [2.75, 3.05) is 0 Å². The van der Waals surface area contributed by atoms with Gasteiger partial charge < -0.3 is 9.84 Å². The van der Waals surface area contributed by atoms with Gasteiger partial charge >= 0.3 is 11.9 Å². The van der Waals surface area contributed by atoms with Gasteiger partial charge in [0.1, 0.15) is 0 Å². The van der Waals surface area contributed by atoms with Gasteiger partial charge in [-0.15, -0.1) is 0 Å². The Morgan fingerprint density at radius 2 is 1.30 bits per heavy atom. The van der Waals surface area contributed by atoms with E-state index in [2.05, 4.69) is 19.1 Å². The number of rotatable bonds is 19. The highest BCUT2D eigenvalue weighted by molar-refractivity contribution is 5.77. The molecular formula is C23H42O4. The Morgan fingerprint density at radius 1 is 0.778 bits per heavy atom. The zero-order valence-corrected chi connectivity index (χ0v) is 17.7. The number of carbonyl (C=O) groups is 2. The second-order valence-electron chi connectivity index (χ2n) is 7.44. The molecule has 1 N–H and O–H groups in total.